The van der Waals surface area contributed by atoms with Gasteiger partial charge in [-0.25, -0.2) is 0 Å². The third kappa shape index (κ3) is 6.38. The van der Waals surface area contributed by atoms with E-state index in [0.29, 0.717) is 18.0 Å². The van der Waals surface area contributed by atoms with E-state index >= 15 is 0 Å². The van der Waals surface area contributed by atoms with E-state index in [1.165, 1.54) is 36.4 Å². The molecule has 0 heterocycles. The number of nitrogens with one attached hydrogen (secondary N) is 1. The van der Waals surface area contributed by atoms with E-state index < -0.39 is 16.0 Å². The third-order valence-electron chi connectivity index (χ3n) is 4.57. The number of nitriles is 1. The summed E-state index contributed by atoms with van der Waals surface area (Å²) >= 11 is 6.07. The minimum atomic E-state index is -4.15. The van der Waals surface area contributed by atoms with Crippen LogP contribution in [0.2, 0.25) is 5.02 Å². The van der Waals surface area contributed by atoms with Crippen LogP contribution in [0, 0.1) is 18.3 Å². The van der Waals surface area contributed by atoms with Crippen LogP contribution in [0.4, 0.5) is 5.69 Å². The highest BCUT2D eigenvalue weighted by atomic mass is 35.5. The highest BCUT2D eigenvalue weighted by Gasteiger charge is 2.19. The molecule has 0 bridgehead atoms. The molecule has 0 aromatic heterocycles. The second kappa shape index (κ2) is 10.9. The number of aryl methyl sites for hydroxylation is 1. The number of carbonyl (C=O) groups is 1. The highest BCUT2D eigenvalue weighted by molar-refractivity contribution is 7.87. The van der Waals surface area contributed by atoms with Gasteiger partial charge < -0.3 is 14.2 Å². The molecule has 174 valence electrons. The van der Waals surface area contributed by atoms with Gasteiger partial charge in [-0.2, -0.15) is 13.7 Å². The number of ether oxygens (including phenoxy) is 1. The Bertz CT molecular complexity index is 1360. The summed E-state index contributed by atoms with van der Waals surface area (Å²) in [5.41, 5.74) is 1.24. The number of halogens is 1. The van der Waals surface area contributed by atoms with Crippen molar-refractivity contribution in [1.82, 2.24) is 0 Å². The minimum absolute atomic E-state index is 0.0308. The second-order valence-corrected chi connectivity index (χ2v) is 9.10. The first-order valence-corrected chi connectivity index (χ1v) is 12.0. The Morgan fingerprint density at radius 2 is 1.76 bits per heavy atom. The summed E-state index contributed by atoms with van der Waals surface area (Å²) in [6.07, 6.45) is 1.22. The molecule has 0 spiro atoms. The van der Waals surface area contributed by atoms with Crippen molar-refractivity contribution in [3.05, 3.63) is 88.5 Å². The van der Waals surface area contributed by atoms with E-state index in [2.05, 4.69) is 5.32 Å². The van der Waals surface area contributed by atoms with E-state index in [9.17, 15) is 18.5 Å². The van der Waals surface area contributed by atoms with Crippen LogP contribution in [-0.4, -0.2) is 20.9 Å². The highest BCUT2D eigenvalue weighted by Crippen LogP contribution is 2.28. The summed E-state index contributed by atoms with van der Waals surface area (Å²) < 4.78 is 36.1. The number of rotatable bonds is 8. The predicted molar refractivity (Wildman–Crippen MR) is 130 cm³/mol. The maximum atomic E-state index is 12.7. The zero-order chi connectivity index (χ0) is 24.7. The number of anilines is 1. The standard InChI is InChI=1S/C25H21ClN2O5S/c1-3-32-22-9-7-21(8-10-22)28-25(29)19(16-27)14-18-15-20(26)6-13-24(18)33-34(30,31)23-11-4-17(2)5-12-23/h4-15H,3H2,1-2H3,(H,28,29)/b19-14+. The van der Waals surface area contributed by atoms with Gasteiger partial charge in [0.1, 0.15) is 28.0 Å². The van der Waals surface area contributed by atoms with Gasteiger partial charge in [-0.3, -0.25) is 4.79 Å². The van der Waals surface area contributed by atoms with Crippen molar-refractivity contribution in [2.75, 3.05) is 11.9 Å². The Kier molecular flexibility index (Phi) is 7.95. The SMILES string of the molecule is CCOc1ccc(NC(=O)/C(C#N)=C/c2cc(Cl)ccc2OS(=O)(=O)c2ccc(C)cc2)cc1. The average Bonchev–Trinajstić information content (AvgIpc) is 2.80. The molecule has 0 aliphatic rings. The second-order valence-electron chi connectivity index (χ2n) is 7.11. The van der Waals surface area contributed by atoms with Gasteiger partial charge in [0.25, 0.3) is 5.91 Å². The molecule has 0 radical (unpaired) electrons. The fraction of sp³-hybridized carbons (Fsp3) is 0.120. The Hall–Kier alpha value is -3.80. The molecule has 3 aromatic carbocycles. The van der Waals surface area contributed by atoms with Gasteiger partial charge in [-0.15, -0.1) is 0 Å². The van der Waals surface area contributed by atoms with Crippen molar-refractivity contribution < 1.29 is 22.1 Å². The fourth-order valence-corrected chi connectivity index (χ4v) is 4.02. The van der Waals surface area contributed by atoms with Crippen LogP contribution < -0.4 is 14.2 Å². The lowest BCUT2D eigenvalue weighted by Gasteiger charge is -2.11. The first-order valence-electron chi connectivity index (χ1n) is 10.2. The molecule has 3 rings (SSSR count). The average molecular weight is 497 g/mol. The molecule has 0 saturated carbocycles. The lowest BCUT2D eigenvalue weighted by molar-refractivity contribution is -0.112. The van der Waals surface area contributed by atoms with Crippen LogP contribution in [0.3, 0.4) is 0 Å². The summed E-state index contributed by atoms with van der Waals surface area (Å²) in [4.78, 5) is 12.6. The topological polar surface area (TPSA) is 105 Å². The van der Waals surface area contributed by atoms with Gasteiger partial charge in [-0.05, 0) is 74.5 Å². The van der Waals surface area contributed by atoms with Crippen LogP contribution >= 0.6 is 11.6 Å². The number of amides is 1. The molecule has 0 saturated heterocycles. The molecule has 1 N–H and O–H groups in total. The maximum absolute atomic E-state index is 12.7. The zero-order valence-corrected chi connectivity index (χ0v) is 20.0. The summed E-state index contributed by atoms with van der Waals surface area (Å²) in [7, 11) is -4.15. The van der Waals surface area contributed by atoms with Gasteiger partial charge in [-0.1, -0.05) is 29.3 Å². The van der Waals surface area contributed by atoms with Crippen LogP contribution in [-0.2, 0) is 14.9 Å². The molecule has 9 heteroatoms. The van der Waals surface area contributed by atoms with Gasteiger partial charge in [0.05, 0.1) is 6.61 Å². The Balaban J connectivity index is 1.88. The Labute approximate surface area is 203 Å². The normalized spacial score (nSPS) is 11.4. The number of hydrogen-bond acceptors (Lipinski definition) is 6. The molecular formula is C25H21ClN2O5S. The van der Waals surface area contributed by atoms with Crippen molar-refractivity contribution in [3.63, 3.8) is 0 Å². The number of carbonyl (C=O) groups excluding carboxylic acids is 1. The first-order chi connectivity index (χ1) is 16.2. The first kappa shape index (κ1) is 24.8. The van der Waals surface area contributed by atoms with E-state index in [0.717, 1.165) is 5.56 Å². The van der Waals surface area contributed by atoms with Crippen molar-refractivity contribution in [1.29, 1.82) is 5.26 Å². The molecule has 7 nitrogen and oxygen atoms in total. The number of hydrogen-bond donors (Lipinski definition) is 1. The van der Waals surface area contributed by atoms with Gasteiger partial charge >= 0.3 is 10.1 Å². The minimum Gasteiger partial charge on any atom is -0.494 e. The largest absolute Gasteiger partial charge is 0.494 e. The summed E-state index contributed by atoms with van der Waals surface area (Å²) in [5.74, 6) is -0.113. The summed E-state index contributed by atoms with van der Waals surface area (Å²) in [6, 6.07) is 18.9. The molecule has 0 atom stereocenters. The van der Waals surface area contributed by atoms with Crippen LogP contribution in [0.5, 0.6) is 11.5 Å². The van der Waals surface area contributed by atoms with Crippen LogP contribution in [0.15, 0.2) is 77.2 Å². The van der Waals surface area contributed by atoms with Crippen molar-refractivity contribution in [2.45, 2.75) is 18.7 Å². The van der Waals surface area contributed by atoms with E-state index in [-0.39, 0.29) is 26.8 Å². The molecule has 1 amide bonds. The molecule has 3 aromatic rings. The van der Waals surface area contributed by atoms with E-state index in [1.54, 1.807) is 36.4 Å². The lowest BCUT2D eigenvalue weighted by Crippen LogP contribution is -2.14. The molecule has 0 fully saturated rings. The zero-order valence-electron chi connectivity index (χ0n) is 18.4. The van der Waals surface area contributed by atoms with E-state index in [4.69, 9.17) is 20.5 Å². The number of nitrogens with zero attached hydrogens (tertiary/aromatic N) is 1. The van der Waals surface area contributed by atoms with Crippen molar-refractivity contribution in [2.24, 2.45) is 0 Å². The molecule has 34 heavy (non-hydrogen) atoms. The Morgan fingerprint density at radius 1 is 1.09 bits per heavy atom. The molecule has 0 aliphatic heterocycles. The molecular weight excluding hydrogens is 476 g/mol. The molecule has 0 aliphatic carbocycles. The van der Waals surface area contributed by atoms with Gasteiger partial charge in [0.2, 0.25) is 0 Å². The Morgan fingerprint density at radius 3 is 2.38 bits per heavy atom. The van der Waals surface area contributed by atoms with Crippen molar-refractivity contribution >= 4 is 39.4 Å². The van der Waals surface area contributed by atoms with Crippen molar-refractivity contribution in [3.8, 4) is 17.6 Å². The fourth-order valence-electron chi connectivity index (χ4n) is 2.88. The monoisotopic (exact) mass is 496 g/mol. The quantitative estimate of drug-likeness (QED) is 0.255. The number of benzene rings is 3. The van der Waals surface area contributed by atoms with Crippen LogP contribution in [0.25, 0.3) is 6.08 Å². The van der Waals surface area contributed by atoms with Crippen LogP contribution in [0.1, 0.15) is 18.1 Å². The predicted octanol–water partition coefficient (Wildman–Crippen LogP) is 5.36. The lowest BCUT2D eigenvalue weighted by atomic mass is 10.1. The molecule has 0 unspecified atom stereocenters. The summed E-state index contributed by atoms with van der Waals surface area (Å²) in [6.45, 7) is 4.21. The smallest absolute Gasteiger partial charge is 0.339 e. The van der Waals surface area contributed by atoms with Gasteiger partial charge in [0, 0.05) is 16.3 Å². The van der Waals surface area contributed by atoms with E-state index in [1.807, 2.05) is 19.9 Å². The third-order valence-corrected chi connectivity index (χ3v) is 6.05. The van der Waals surface area contributed by atoms with Gasteiger partial charge in [0.15, 0.2) is 0 Å². The maximum Gasteiger partial charge on any atom is 0.339 e. The summed E-state index contributed by atoms with van der Waals surface area (Å²) in [5, 5.41) is 12.4.